The van der Waals surface area contributed by atoms with E-state index in [0.29, 0.717) is 27.8 Å². The number of carbonyl (C=O) groups is 2. The molecule has 0 spiro atoms. The largest absolute Gasteiger partial charge is 0.480 e. The van der Waals surface area contributed by atoms with E-state index >= 15 is 0 Å². The van der Waals surface area contributed by atoms with Crippen LogP contribution in [0.2, 0.25) is 10.0 Å². The second-order valence-electron chi connectivity index (χ2n) is 4.21. The molecule has 0 aliphatic heterocycles. The Labute approximate surface area is 137 Å². The maximum Gasteiger partial charge on any atom is 0.326 e. The standard InChI is InChI=1S/C13H16Cl2N2O3S/c1-21-6-5-10(12(18)19)17-13(20)16-7-8-3-2-4-9(14)11(8)15/h2-4,10H,5-7H2,1H3,(H,18,19)(H2,16,17,20). The number of urea groups is 1. The maximum atomic E-state index is 11.7. The zero-order valence-electron chi connectivity index (χ0n) is 11.4. The number of hydrogen-bond donors (Lipinski definition) is 3. The number of amides is 2. The van der Waals surface area contributed by atoms with Crippen LogP contribution in [0.1, 0.15) is 12.0 Å². The van der Waals surface area contributed by atoms with E-state index < -0.39 is 18.0 Å². The summed E-state index contributed by atoms with van der Waals surface area (Å²) in [6.45, 7) is 0.167. The summed E-state index contributed by atoms with van der Waals surface area (Å²) in [5.74, 6) is -0.405. The number of carboxylic acid groups (broad SMARTS) is 1. The molecule has 0 saturated carbocycles. The molecule has 5 nitrogen and oxygen atoms in total. The van der Waals surface area contributed by atoms with Crippen LogP contribution in [-0.4, -0.2) is 35.2 Å². The van der Waals surface area contributed by atoms with Crippen molar-refractivity contribution in [3.05, 3.63) is 33.8 Å². The van der Waals surface area contributed by atoms with Crippen LogP contribution in [0.25, 0.3) is 0 Å². The molecule has 0 fully saturated rings. The Morgan fingerprint density at radius 1 is 1.38 bits per heavy atom. The number of nitrogens with one attached hydrogen (secondary N) is 2. The van der Waals surface area contributed by atoms with E-state index in [9.17, 15) is 9.59 Å². The topological polar surface area (TPSA) is 78.4 Å². The molecule has 0 radical (unpaired) electrons. The molecule has 1 unspecified atom stereocenters. The van der Waals surface area contributed by atoms with Gasteiger partial charge >= 0.3 is 12.0 Å². The normalized spacial score (nSPS) is 11.8. The molecule has 1 atom stereocenters. The second kappa shape index (κ2) is 9.02. The first-order valence-electron chi connectivity index (χ1n) is 6.14. The Kier molecular flexibility index (Phi) is 7.71. The Morgan fingerprint density at radius 3 is 2.71 bits per heavy atom. The molecule has 0 aromatic heterocycles. The van der Waals surface area contributed by atoms with Gasteiger partial charge in [-0.05, 0) is 30.1 Å². The zero-order valence-corrected chi connectivity index (χ0v) is 13.7. The highest BCUT2D eigenvalue weighted by Gasteiger charge is 2.19. The van der Waals surface area contributed by atoms with E-state index in [1.807, 2.05) is 6.26 Å². The van der Waals surface area contributed by atoms with Gasteiger partial charge in [0.15, 0.2) is 0 Å². The van der Waals surface area contributed by atoms with Crippen molar-refractivity contribution in [3.63, 3.8) is 0 Å². The smallest absolute Gasteiger partial charge is 0.326 e. The van der Waals surface area contributed by atoms with Crippen molar-refractivity contribution in [2.45, 2.75) is 19.0 Å². The lowest BCUT2D eigenvalue weighted by molar-refractivity contribution is -0.139. The van der Waals surface area contributed by atoms with Crippen LogP contribution >= 0.6 is 35.0 Å². The van der Waals surface area contributed by atoms with Gasteiger partial charge in [-0.3, -0.25) is 0 Å². The SMILES string of the molecule is CSCCC(NC(=O)NCc1cccc(Cl)c1Cl)C(=O)O. The highest BCUT2D eigenvalue weighted by molar-refractivity contribution is 7.98. The molecular weight excluding hydrogens is 335 g/mol. The molecule has 0 saturated heterocycles. The molecular formula is C13H16Cl2N2O3S. The van der Waals surface area contributed by atoms with Gasteiger partial charge in [-0.2, -0.15) is 11.8 Å². The molecule has 3 N–H and O–H groups in total. The molecule has 1 rings (SSSR count). The summed E-state index contributed by atoms with van der Waals surface area (Å²) < 4.78 is 0. The van der Waals surface area contributed by atoms with Gasteiger partial charge in [-0.25, -0.2) is 9.59 Å². The minimum atomic E-state index is -1.06. The van der Waals surface area contributed by atoms with E-state index in [1.165, 1.54) is 11.8 Å². The third kappa shape index (κ3) is 6.03. The number of carbonyl (C=O) groups excluding carboxylic acids is 1. The molecule has 0 heterocycles. The van der Waals surface area contributed by atoms with Crippen molar-refractivity contribution in [1.29, 1.82) is 0 Å². The molecule has 1 aromatic rings. The number of benzene rings is 1. The molecule has 1 aromatic carbocycles. The van der Waals surface area contributed by atoms with Gasteiger partial charge in [0.05, 0.1) is 10.0 Å². The lowest BCUT2D eigenvalue weighted by Crippen LogP contribution is -2.46. The van der Waals surface area contributed by atoms with Crippen LogP contribution in [0, 0.1) is 0 Å². The van der Waals surface area contributed by atoms with Gasteiger partial charge in [-0.1, -0.05) is 35.3 Å². The Morgan fingerprint density at radius 2 is 2.10 bits per heavy atom. The van der Waals surface area contributed by atoms with Crippen molar-refractivity contribution in [3.8, 4) is 0 Å². The van der Waals surface area contributed by atoms with E-state index in [0.717, 1.165) is 0 Å². The Hall–Kier alpha value is -1.11. The van der Waals surface area contributed by atoms with Crippen LogP contribution in [0.15, 0.2) is 18.2 Å². The van der Waals surface area contributed by atoms with Crippen molar-refractivity contribution in [2.24, 2.45) is 0 Å². The predicted octanol–water partition coefficient (Wildman–Crippen LogP) is 3.00. The van der Waals surface area contributed by atoms with Crippen molar-refractivity contribution >= 4 is 47.0 Å². The quantitative estimate of drug-likeness (QED) is 0.706. The van der Waals surface area contributed by atoms with Crippen molar-refractivity contribution in [1.82, 2.24) is 10.6 Å². The van der Waals surface area contributed by atoms with Crippen LogP contribution in [0.4, 0.5) is 4.79 Å². The van der Waals surface area contributed by atoms with Gasteiger partial charge < -0.3 is 15.7 Å². The summed E-state index contributed by atoms with van der Waals surface area (Å²) in [5, 5.41) is 14.8. The van der Waals surface area contributed by atoms with Gasteiger partial charge in [0, 0.05) is 6.54 Å². The molecule has 0 aliphatic rings. The lowest BCUT2D eigenvalue weighted by Gasteiger charge is -2.15. The van der Waals surface area contributed by atoms with E-state index in [-0.39, 0.29) is 6.54 Å². The number of carboxylic acids is 1. The monoisotopic (exact) mass is 350 g/mol. The molecule has 116 valence electrons. The molecule has 0 bridgehead atoms. The fourth-order valence-corrected chi connectivity index (χ4v) is 2.42. The first-order chi connectivity index (χ1) is 9.95. The first-order valence-corrected chi connectivity index (χ1v) is 8.29. The number of halogens is 2. The van der Waals surface area contributed by atoms with Gasteiger partial charge in [0.25, 0.3) is 0 Å². The van der Waals surface area contributed by atoms with Crippen LogP contribution in [0.3, 0.4) is 0 Å². The summed E-state index contributed by atoms with van der Waals surface area (Å²) in [6.07, 6.45) is 2.24. The first kappa shape index (κ1) is 17.9. The van der Waals surface area contributed by atoms with E-state index in [1.54, 1.807) is 18.2 Å². The minimum Gasteiger partial charge on any atom is -0.480 e. The number of thioether (sulfide) groups is 1. The second-order valence-corrected chi connectivity index (χ2v) is 5.98. The highest BCUT2D eigenvalue weighted by Crippen LogP contribution is 2.25. The van der Waals surface area contributed by atoms with Crippen LogP contribution in [0.5, 0.6) is 0 Å². The van der Waals surface area contributed by atoms with Crippen LogP contribution in [-0.2, 0) is 11.3 Å². The molecule has 8 heteroatoms. The fourth-order valence-electron chi connectivity index (χ4n) is 1.56. The van der Waals surface area contributed by atoms with Gasteiger partial charge in [0.2, 0.25) is 0 Å². The summed E-state index contributed by atoms with van der Waals surface area (Å²) in [5.41, 5.74) is 0.662. The van der Waals surface area contributed by atoms with Crippen molar-refractivity contribution in [2.75, 3.05) is 12.0 Å². The van der Waals surface area contributed by atoms with E-state index in [2.05, 4.69) is 10.6 Å². The zero-order chi connectivity index (χ0) is 15.8. The predicted molar refractivity (Wildman–Crippen MR) is 86.3 cm³/mol. The Bertz CT molecular complexity index is 514. The van der Waals surface area contributed by atoms with Gasteiger partial charge in [-0.15, -0.1) is 0 Å². The average molecular weight is 351 g/mol. The fraction of sp³-hybridized carbons (Fsp3) is 0.385. The highest BCUT2D eigenvalue weighted by atomic mass is 35.5. The third-order valence-electron chi connectivity index (χ3n) is 2.69. The summed E-state index contributed by atoms with van der Waals surface area (Å²) >= 11 is 13.4. The molecule has 21 heavy (non-hydrogen) atoms. The van der Waals surface area contributed by atoms with E-state index in [4.69, 9.17) is 28.3 Å². The number of rotatable bonds is 7. The minimum absolute atomic E-state index is 0.167. The van der Waals surface area contributed by atoms with Crippen LogP contribution < -0.4 is 10.6 Å². The number of hydrogen-bond acceptors (Lipinski definition) is 3. The maximum absolute atomic E-state index is 11.7. The molecule has 2 amide bonds. The third-order valence-corrected chi connectivity index (χ3v) is 4.19. The summed E-state index contributed by atoms with van der Waals surface area (Å²) in [7, 11) is 0. The Balaban J connectivity index is 2.52. The summed E-state index contributed by atoms with van der Waals surface area (Å²) in [4.78, 5) is 22.7. The number of aliphatic carboxylic acids is 1. The van der Waals surface area contributed by atoms with Crippen molar-refractivity contribution < 1.29 is 14.7 Å². The average Bonchev–Trinajstić information content (AvgIpc) is 2.44. The summed E-state index contributed by atoms with van der Waals surface area (Å²) in [6, 6.07) is 3.64. The molecule has 0 aliphatic carbocycles. The lowest BCUT2D eigenvalue weighted by atomic mass is 10.2. The van der Waals surface area contributed by atoms with Gasteiger partial charge in [0.1, 0.15) is 6.04 Å².